The van der Waals surface area contributed by atoms with Crippen LogP contribution in [0.25, 0.3) is 0 Å². The summed E-state index contributed by atoms with van der Waals surface area (Å²) in [5.74, 6) is -0.502. The van der Waals surface area contributed by atoms with Gasteiger partial charge in [0, 0.05) is 25.1 Å². The fourth-order valence-corrected chi connectivity index (χ4v) is 8.26. The van der Waals surface area contributed by atoms with Crippen LogP contribution in [-0.4, -0.2) is 36.9 Å². The largest absolute Gasteiger partial charge is 0.356 e. The zero-order valence-corrected chi connectivity index (χ0v) is 40.6. The van der Waals surface area contributed by atoms with Gasteiger partial charge in [-0.2, -0.15) is 10.2 Å². The van der Waals surface area contributed by atoms with Crippen molar-refractivity contribution in [2.45, 2.75) is 245 Å². The van der Waals surface area contributed by atoms with E-state index in [0.717, 1.165) is 31.4 Å². The van der Waals surface area contributed by atoms with Crippen LogP contribution in [0.5, 0.6) is 0 Å². The molecule has 0 aliphatic rings. The average Bonchev–Trinajstić information content (AvgIpc) is 3.30. The number of hydrogen-bond acceptors (Lipinski definition) is 5. The van der Waals surface area contributed by atoms with E-state index in [1.165, 1.54) is 180 Å². The second-order valence-corrected chi connectivity index (χ2v) is 18.2. The molecule has 0 fully saturated rings. The fourth-order valence-electron chi connectivity index (χ4n) is 8.26. The van der Waals surface area contributed by atoms with Gasteiger partial charge < -0.3 is 16.0 Å². The lowest BCUT2D eigenvalue weighted by molar-refractivity contribution is -0.124. The number of nitrogens with one attached hydrogen (secondary N) is 3. The van der Waals surface area contributed by atoms with E-state index in [0.29, 0.717) is 43.6 Å². The molecule has 3 amide bonds. The molecule has 0 radical (unpaired) electrons. The number of azo groups is 1. The number of hydrogen-bond donors (Lipinski definition) is 3. The van der Waals surface area contributed by atoms with Gasteiger partial charge in [0.2, 0.25) is 11.8 Å². The Kier molecular flexibility index (Phi) is 36.3. The lowest BCUT2D eigenvalue weighted by atomic mass is 10.0. The predicted molar refractivity (Wildman–Crippen MR) is 267 cm³/mol. The van der Waals surface area contributed by atoms with Crippen molar-refractivity contribution in [3.8, 4) is 0 Å². The maximum atomic E-state index is 13.4. The molecular weight excluding hydrogens is 779 g/mol. The lowest BCUT2D eigenvalue weighted by Gasteiger charge is -2.19. The summed E-state index contributed by atoms with van der Waals surface area (Å²) < 4.78 is 0. The zero-order chi connectivity index (χ0) is 45.1. The molecule has 0 aliphatic carbocycles. The summed E-state index contributed by atoms with van der Waals surface area (Å²) in [5, 5.41) is 17.6. The summed E-state index contributed by atoms with van der Waals surface area (Å²) in [5.41, 5.74) is 1.83. The van der Waals surface area contributed by atoms with Gasteiger partial charge in [-0.05, 0) is 62.1 Å². The molecule has 1 unspecified atom stereocenters. The Morgan fingerprint density at radius 3 is 1.21 bits per heavy atom. The van der Waals surface area contributed by atoms with Crippen LogP contribution in [0, 0.1) is 0 Å². The minimum atomic E-state index is -0.718. The lowest BCUT2D eigenvalue weighted by Crippen LogP contribution is -2.47. The highest BCUT2D eigenvalue weighted by atomic mass is 16.2. The SMILES string of the molecule is CCCCCCCCCCCCCCCCCCNC(=O)CCCC(NC(=O)c1ccc(N=Nc2ccccc2)cc1)C(=O)NCCCCCCCCCCCCCCCCCC. The van der Waals surface area contributed by atoms with Crippen LogP contribution >= 0.6 is 0 Å². The molecule has 3 N–H and O–H groups in total. The van der Waals surface area contributed by atoms with Crippen LogP contribution in [0.15, 0.2) is 64.8 Å². The van der Waals surface area contributed by atoms with Crippen LogP contribution in [0.2, 0.25) is 0 Å². The molecule has 0 bridgehead atoms. The minimum absolute atomic E-state index is 0.00914. The number of nitrogens with zero attached hydrogens (tertiary/aromatic N) is 2. The molecule has 0 heterocycles. The first kappa shape index (κ1) is 55.6. The summed E-state index contributed by atoms with van der Waals surface area (Å²) in [6, 6.07) is 15.7. The van der Waals surface area contributed by atoms with Gasteiger partial charge in [0.05, 0.1) is 11.4 Å². The molecule has 2 rings (SSSR count). The highest BCUT2D eigenvalue weighted by Crippen LogP contribution is 2.19. The average molecular weight is 872 g/mol. The third kappa shape index (κ3) is 32.7. The Labute approximate surface area is 386 Å². The highest BCUT2D eigenvalue weighted by molar-refractivity contribution is 5.97. The number of unbranched alkanes of at least 4 members (excludes halogenated alkanes) is 30. The number of amides is 3. The van der Waals surface area contributed by atoms with Crippen molar-refractivity contribution in [3.05, 3.63) is 60.2 Å². The summed E-state index contributed by atoms with van der Waals surface area (Å²) in [6.45, 7) is 5.84. The Morgan fingerprint density at radius 2 is 0.794 bits per heavy atom. The first-order chi connectivity index (χ1) is 31.0. The molecule has 356 valence electrons. The summed E-state index contributed by atoms with van der Waals surface area (Å²) >= 11 is 0. The van der Waals surface area contributed by atoms with Gasteiger partial charge in [-0.15, -0.1) is 0 Å². The van der Waals surface area contributed by atoms with E-state index >= 15 is 0 Å². The summed E-state index contributed by atoms with van der Waals surface area (Å²) in [7, 11) is 0. The third-order valence-corrected chi connectivity index (χ3v) is 12.4. The van der Waals surface area contributed by atoms with Crippen LogP contribution in [0.1, 0.15) is 249 Å². The molecule has 0 spiro atoms. The molecular formula is C55H93N5O3. The van der Waals surface area contributed by atoms with Gasteiger partial charge in [0.1, 0.15) is 6.04 Å². The highest BCUT2D eigenvalue weighted by Gasteiger charge is 2.21. The van der Waals surface area contributed by atoms with Crippen LogP contribution in [0.4, 0.5) is 11.4 Å². The predicted octanol–water partition coefficient (Wildman–Crippen LogP) is 16.1. The van der Waals surface area contributed by atoms with E-state index in [1.54, 1.807) is 24.3 Å². The minimum Gasteiger partial charge on any atom is -0.356 e. The second-order valence-electron chi connectivity index (χ2n) is 18.2. The van der Waals surface area contributed by atoms with E-state index in [-0.39, 0.29) is 17.7 Å². The zero-order valence-electron chi connectivity index (χ0n) is 40.6. The van der Waals surface area contributed by atoms with Gasteiger partial charge in [-0.1, -0.05) is 225 Å². The van der Waals surface area contributed by atoms with E-state index in [2.05, 4.69) is 40.0 Å². The molecule has 0 aromatic heterocycles. The number of rotatable bonds is 43. The van der Waals surface area contributed by atoms with Gasteiger partial charge >= 0.3 is 0 Å². The van der Waals surface area contributed by atoms with Gasteiger partial charge in [0.15, 0.2) is 0 Å². The summed E-state index contributed by atoms with van der Waals surface area (Å²) in [6.07, 6.45) is 43.4. The second kappa shape index (κ2) is 41.2. The van der Waals surface area contributed by atoms with Crippen LogP contribution < -0.4 is 16.0 Å². The topological polar surface area (TPSA) is 112 Å². The van der Waals surface area contributed by atoms with Crippen LogP contribution in [-0.2, 0) is 9.59 Å². The molecule has 8 heteroatoms. The van der Waals surface area contributed by atoms with E-state index in [4.69, 9.17) is 0 Å². The standard InChI is InChI=1S/C55H93N5O3/c1-3-5-7-9-11-13-15-17-19-21-23-25-27-29-31-36-47-56-53(61)42-38-41-52(58-54(62)49-43-45-51(46-44-49)60-59-50-39-34-33-35-40-50)55(63)57-48-37-32-30-28-26-24-22-20-18-16-14-12-10-8-6-4-2/h33-35,39-40,43-46,52H,3-32,36-38,41-42,47-48H2,1-2H3,(H,56,61)(H,57,63)(H,58,62). The van der Waals surface area contributed by atoms with Gasteiger partial charge in [-0.3, -0.25) is 14.4 Å². The maximum absolute atomic E-state index is 13.4. The van der Waals surface area contributed by atoms with Crippen molar-refractivity contribution < 1.29 is 14.4 Å². The van der Waals surface area contributed by atoms with Gasteiger partial charge in [-0.25, -0.2) is 0 Å². The number of carbonyl (C=O) groups excluding carboxylic acids is 3. The first-order valence-corrected chi connectivity index (χ1v) is 26.5. The van der Waals surface area contributed by atoms with E-state index in [1.807, 2.05) is 30.3 Å². The molecule has 0 saturated carbocycles. The van der Waals surface area contributed by atoms with Crippen molar-refractivity contribution in [1.82, 2.24) is 16.0 Å². The molecule has 63 heavy (non-hydrogen) atoms. The van der Waals surface area contributed by atoms with E-state index in [9.17, 15) is 14.4 Å². The normalized spacial score (nSPS) is 11.8. The molecule has 2 aromatic rings. The van der Waals surface area contributed by atoms with Crippen molar-refractivity contribution in [3.63, 3.8) is 0 Å². The Bertz CT molecular complexity index is 1400. The summed E-state index contributed by atoms with van der Waals surface area (Å²) in [4.78, 5) is 39.5. The monoisotopic (exact) mass is 872 g/mol. The Balaban J connectivity index is 1.64. The molecule has 1 atom stereocenters. The quantitative estimate of drug-likeness (QED) is 0.0456. The maximum Gasteiger partial charge on any atom is 0.251 e. The Morgan fingerprint density at radius 1 is 0.429 bits per heavy atom. The van der Waals surface area contributed by atoms with Crippen molar-refractivity contribution in [2.24, 2.45) is 10.2 Å². The third-order valence-electron chi connectivity index (χ3n) is 12.4. The first-order valence-electron chi connectivity index (χ1n) is 26.5. The van der Waals surface area contributed by atoms with Crippen molar-refractivity contribution >= 4 is 29.1 Å². The molecule has 8 nitrogen and oxygen atoms in total. The number of carbonyl (C=O) groups is 3. The van der Waals surface area contributed by atoms with Gasteiger partial charge in [0.25, 0.3) is 5.91 Å². The van der Waals surface area contributed by atoms with Crippen molar-refractivity contribution in [2.75, 3.05) is 13.1 Å². The van der Waals surface area contributed by atoms with Crippen molar-refractivity contribution in [1.29, 1.82) is 0 Å². The van der Waals surface area contributed by atoms with Crippen LogP contribution in [0.3, 0.4) is 0 Å². The molecule has 0 aliphatic heterocycles. The fraction of sp³-hybridized carbons (Fsp3) is 0.727. The number of benzene rings is 2. The molecule has 0 saturated heterocycles. The van der Waals surface area contributed by atoms with E-state index < -0.39 is 6.04 Å². The smallest absolute Gasteiger partial charge is 0.251 e. The molecule has 2 aromatic carbocycles. The Hall–Kier alpha value is -3.55.